The minimum atomic E-state index is -3.16. The lowest BCUT2D eigenvalue weighted by Crippen LogP contribution is -2.38. The van der Waals surface area contributed by atoms with Crippen LogP contribution in [0.3, 0.4) is 0 Å². The quantitative estimate of drug-likeness (QED) is 0.549. The van der Waals surface area contributed by atoms with Gasteiger partial charge in [-0.2, -0.15) is 0 Å². The lowest BCUT2D eigenvalue weighted by molar-refractivity contribution is 0.541. The van der Waals surface area contributed by atoms with Gasteiger partial charge in [0.2, 0.25) is 16.0 Å². The summed E-state index contributed by atoms with van der Waals surface area (Å²) < 4.78 is 23.7. The van der Waals surface area contributed by atoms with Gasteiger partial charge in [0.1, 0.15) is 0 Å². The molecule has 6 heteroatoms. The van der Waals surface area contributed by atoms with E-state index in [4.69, 9.17) is 0 Å². The molecule has 1 N–H and O–H groups in total. The third kappa shape index (κ3) is 2.38. The monoisotopic (exact) mass is 177 g/mol. The smallest absolute Gasteiger partial charge is 0.232 e. The lowest BCUT2D eigenvalue weighted by atomic mass is 10.6. The molecule has 0 bridgehead atoms. The van der Waals surface area contributed by atoms with Gasteiger partial charge in [-0.25, -0.2) is 8.42 Å². The van der Waals surface area contributed by atoms with Gasteiger partial charge in [0, 0.05) is 13.6 Å². The highest BCUT2D eigenvalue weighted by Gasteiger charge is 2.15. The minimum absolute atomic E-state index is 0.438. The molecule has 0 aromatic heterocycles. The fraction of sp³-hybridized carbons (Fsp3) is 0.800. The average Bonchev–Trinajstić information content (AvgIpc) is 2.12. The van der Waals surface area contributed by atoms with E-state index in [-0.39, 0.29) is 0 Å². The van der Waals surface area contributed by atoms with E-state index in [1.165, 1.54) is 0 Å². The Bertz CT molecular complexity index is 269. The van der Waals surface area contributed by atoms with Crippen LogP contribution in [0.2, 0.25) is 0 Å². The summed E-state index contributed by atoms with van der Waals surface area (Å²) in [6, 6.07) is 0. The summed E-state index contributed by atoms with van der Waals surface area (Å²) in [5, 5.41) is 0. The molecular formula is C5H11N3O2S. The molecule has 1 heterocycles. The van der Waals surface area contributed by atoms with Crippen molar-refractivity contribution in [3.05, 3.63) is 0 Å². The van der Waals surface area contributed by atoms with Gasteiger partial charge in [-0.3, -0.25) is 9.71 Å². The highest BCUT2D eigenvalue weighted by atomic mass is 32.2. The van der Waals surface area contributed by atoms with Crippen molar-refractivity contribution in [2.75, 3.05) is 26.4 Å². The van der Waals surface area contributed by atoms with E-state index in [0.29, 0.717) is 12.5 Å². The summed E-state index contributed by atoms with van der Waals surface area (Å²) in [4.78, 5) is 5.72. The molecule has 0 aromatic carbocycles. The van der Waals surface area contributed by atoms with Gasteiger partial charge in [0.05, 0.1) is 12.8 Å². The largest absolute Gasteiger partial charge is 0.343 e. The number of aliphatic imine (C=N–C) groups is 1. The number of sulfonamides is 1. The highest BCUT2D eigenvalue weighted by Crippen LogP contribution is 1.95. The molecule has 64 valence electrons. The Hall–Kier alpha value is -0.780. The van der Waals surface area contributed by atoms with Crippen LogP contribution in [0.4, 0.5) is 0 Å². The number of likely N-dealkylation sites (N-methyl/N-ethyl adjacent to an activating group) is 1. The van der Waals surface area contributed by atoms with Crippen LogP contribution in [0.1, 0.15) is 0 Å². The Morgan fingerprint density at radius 2 is 2.27 bits per heavy atom. The second-order valence-electron chi connectivity index (χ2n) is 2.50. The van der Waals surface area contributed by atoms with Crippen molar-refractivity contribution in [1.29, 1.82) is 0 Å². The Labute approximate surface area is 66.2 Å². The van der Waals surface area contributed by atoms with Gasteiger partial charge < -0.3 is 4.90 Å². The van der Waals surface area contributed by atoms with E-state index < -0.39 is 10.0 Å². The first-order valence-electron chi connectivity index (χ1n) is 3.22. The van der Waals surface area contributed by atoms with E-state index in [0.717, 1.165) is 12.8 Å². The van der Waals surface area contributed by atoms with Crippen LogP contribution in [0, 0.1) is 0 Å². The van der Waals surface area contributed by atoms with Crippen molar-refractivity contribution in [3.63, 3.8) is 0 Å². The van der Waals surface area contributed by atoms with Crippen LogP contribution < -0.4 is 4.72 Å². The predicted octanol–water partition coefficient (Wildman–Crippen LogP) is -1.16. The van der Waals surface area contributed by atoms with Crippen LogP contribution in [-0.2, 0) is 10.0 Å². The van der Waals surface area contributed by atoms with Gasteiger partial charge in [0.25, 0.3) is 0 Å². The van der Waals surface area contributed by atoms with Crippen molar-refractivity contribution in [2.24, 2.45) is 4.99 Å². The van der Waals surface area contributed by atoms with Gasteiger partial charge in [0.15, 0.2) is 0 Å². The van der Waals surface area contributed by atoms with Crippen molar-refractivity contribution in [2.45, 2.75) is 0 Å². The molecule has 0 amide bonds. The molecule has 0 saturated heterocycles. The Morgan fingerprint density at radius 3 is 2.64 bits per heavy atom. The predicted molar refractivity (Wildman–Crippen MR) is 42.9 cm³/mol. The maximum absolute atomic E-state index is 10.7. The van der Waals surface area contributed by atoms with E-state index in [1.54, 1.807) is 11.9 Å². The van der Waals surface area contributed by atoms with E-state index in [9.17, 15) is 8.42 Å². The zero-order valence-electron chi connectivity index (χ0n) is 6.53. The number of nitrogens with zero attached hydrogens (tertiary/aromatic N) is 2. The van der Waals surface area contributed by atoms with Crippen LogP contribution in [0.15, 0.2) is 4.99 Å². The number of nitrogens with one attached hydrogen (secondary N) is 1. The van der Waals surface area contributed by atoms with Gasteiger partial charge >= 0.3 is 0 Å². The van der Waals surface area contributed by atoms with E-state index >= 15 is 0 Å². The first kappa shape index (κ1) is 8.32. The fourth-order valence-electron chi connectivity index (χ4n) is 0.809. The molecule has 0 aliphatic carbocycles. The maximum atomic E-state index is 10.7. The molecule has 0 spiro atoms. The molecule has 0 unspecified atom stereocenters. The number of hydrogen-bond donors (Lipinski definition) is 1. The molecule has 0 aromatic rings. The molecule has 11 heavy (non-hydrogen) atoms. The van der Waals surface area contributed by atoms with E-state index in [2.05, 4.69) is 9.71 Å². The summed E-state index contributed by atoms with van der Waals surface area (Å²) in [6.45, 7) is 1.44. The molecule has 1 rings (SSSR count). The Morgan fingerprint density at radius 1 is 1.64 bits per heavy atom. The number of hydrogen-bond acceptors (Lipinski definition) is 4. The van der Waals surface area contributed by atoms with Crippen molar-refractivity contribution in [1.82, 2.24) is 9.62 Å². The topological polar surface area (TPSA) is 61.8 Å². The first-order valence-corrected chi connectivity index (χ1v) is 5.11. The molecule has 0 radical (unpaired) electrons. The molecular weight excluding hydrogens is 166 g/mol. The molecule has 0 atom stereocenters. The number of rotatable bonds is 1. The minimum Gasteiger partial charge on any atom is -0.343 e. The van der Waals surface area contributed by atoms with Crippen LogP contribution in [-0.4, -0.2) is 45.7 Å². The van der Waals surface area contributed by atoms with E-state index in [1.807, 2.05) is 0 Å². The molecule has 0 fully saturated rings. The molecule has 0 saturated carbocycles. The second-order valence-corrected chi connectivity index (χ2v) is 4.25. The summed E-state index contributed by atoms with van der Waals surface area (Å²) in [6.07, 6.45) is 1.11. The maximum Gasteiger partial charge on any atom is 0.232 e. The standard InChI is InChI=1S/C5H11N3O2S/c1-8-4-3-6-5(8)7-11(2,9)10/h3-4H2,1-2H3,(H,6,7). The molecule has 5 nitrogen and oxygen atoms in total. The fourth-order valence-corrected chi connectivity index (χ4v) is 1.36. The highest BCUT2D eigenvalue weighted by molar-refractivity contribution is 7.89. The summed E-state index contributed by atoms with van der Waals surface area (Å²) >= 11 is 0. The number of guanidine groups is 1. The molecule has 1 aliphatic rings. The zero-order chi connectivity index (χ0) is 8.48. The first-order chi connectivity index (χ1) is 4.99. The van der Waals surface area contributed by atoms with Crippen LogP contribution in [0.25, 0.3) is 0 Å². The zero-order valence-corrected chi connectivity index (χ0v) is 7.35. The van der Waals surface area contributed by atoms with Crippen molar-refractivity contribution in [3.8, 4) is 0 Å². The average molecular weight is 177 g/mol. The third-order valence-corrected chi connectivity index (χ3v) is 1.89. The van der Waals surface area contributed by atoms with Crippen LogP contribution >= 0.6 is 0 Å². The van der Waals surface area contributed by atoms with Crippen LogP contribution in [0.5, 0.6) is 0 Å². The summed E-state index contributed by atoms with van der Waals surface area (Å²) in [5.41, 5.74) is 0. The Balaban J connectivity index is 2.64. The third-order valence-electron chi connectivity index (χ3n) is 1.34. The van der Waals surface area contributed by atoms with Gasteiger partial charge in [-0.1, -0.05) is 0 Å². The van der Waals surface area contributed by atoms with Crippen molar-refractivity contribution >= 4 is 16.0 Å². The molecule has 1 aliphatic heterocycles. The Kier molecular flexibility index (Phi) is 2.03. The lowest BCUT2D eigenvalue weighted by Gasteiger charge is -2.13. The second kappa shape index (κ2) is 2.69. The SMILES string of the molecule is CN1CCN=C1NS(C)(=O)=O. The van der Waals surface area contributed by atoms with Gasteiger partial charge in [-0.15, -0.1) is 0 Å². The van der Waals surface area contributed by atoms with Crippen molar-refractivity contribution < 1.29 is 8.42 Å². The summed E-state index contributed by atoms with van der Waals surface area (Å²) in [7, 11) is -1.37. The summed E-state index contributed by atoms with van der Waals surface area (Å²) in [5.74, 6) is 0.438. The van der Waals surface area contributed by atoms with Gasteiger partial charge in [-0.05, 0) is 0 Å². The normalized spacial score (nSPS) is 18.4.